The minimum Gasteiger partial charge on any atom is -0.468 e. The van der Waals surface area contributed by atoms with Crippen molar-refractivity contribution in [3.8, 4) is 0 Å². The Morgan fingerprint density at radius 3 is 1.97 bits per heavy atom. The van der Waals surface area contributed by atoms with E-state index in [1.54, 1.807) is 24.3 Å². The van der Waals surface area contributed by atoms with Gasteiger partial charge in [-0.1, -0.05) is 72.8 Å². The van der Waals surface area contributed by atoms with Crippen molar-refractivity contribution in [3.05, 3.63) is 83.9 Å². The van der Waals surface area contributed by atoms with Crippen molar-refractivity contribution >= 4 is 17.7 Å². The van der Waals surface area contributed by atoms with Crippen molar-refractivity contribution in [2.45, 2.75) is 25.2 Å². The predicted molar refractivity (Wildman–Crippen MR) is 113 cm³/mol. The summed E-state index contributed by atoms with van der Waals surface area (Å²) in [7, 11) is 2.51. The molecule has 0 N–H and O–H groups in total. The number of Topliss-reactive ketones (excluding diaryl/α,β-unsaturated/α-hetero) is 1. The van der Waals surface area contributed by atoms with Crippen LogP contribution in [0.25, 0.3) is 0 Å². The van der Waals surface area contributed by atoms with Gasteiger partial charge in [0.1, 0.15) is 0 Å². The highest BCUT2D eigenvalue weighted by Crippen LogP contribution is 2.52. The van der Waals surface area contributed by atoms with Crippen molar-refractivity contribution < 1.29 is 23.9 Å². The summed E-state index contributed by atoms with van der Waals surface area (Å²) >= 11 is 0. The van der Waals surface area contributed by atoms with Crippen LogP contribution in [0.1, 0.15) is 41.1 Å². The molecule has 0 heterocycles. The van der Waals surface area contributed by atoms with Crippen LogP contribution in [-0.4, -0.2) is 31.9 Å². The van der Waals surface area contributed by atoms with E-state index in [0.717, 1.165) is 0 Å². The highest BCUT2D eigenvalue weighted by Gasteiger charge is 2.59. The third kappa shape index (κ3) is 3.67. The van der Waals surface area contributed by atoms with Gasteiger partial charge in [-0.3, -0.25) is 14.4 Å². The first-order valence-electron chi connectivity index (χ1n) is 9.96. The summed E-state index contributed by atoms with van der Waals surface area (Å²) in [6, 6.07) is 18.0. The van der Waals surface area contributed by atoms with Gasteiger partial charge in [0.15, 0.2) is 11.2 Å². The lowest BCUT2D eigenvalue weighted by molar-refractivity contribution is -0.172. The number of allylic oxidation sites excluding steroid dienone is 1. The summed E-state index contributed by atoms with van der Waals surface area (Å²) < 4.78 is 10.2. The lowest BCUT2D eigenvalue weighted by Gasteiger charge is -2.38. The summed E-state index contributed by atoms with van der Waals surface area (Å²) in [6.45, 7) is 4.19. The molecule has 0 radical (unpaired) electrons. The normalized spacial score (nSPS) is 20.7. The van der Waals surface area contributed by atoms with Crippen molar-refractivity contribution in [2.24, 2.45) is 11.3 Å². The van der Waals surface area contributed by atoms with E-state index in [4.69, 9.17) is 9.47 Å². The zero-order chi connectivity index (χ0) is 21.7. The van der Waals surface area contributed by atoms with Crippen molar-refractivity contribution in [2.75, 3.05) is 14.2 Å². The molecule has 1 fully saturated rings. The van der Waals surface area contributed by atoms with E-state index in [1.165, 1.54) is 14.2 Å². The molecule has 2 aromatic carbocycles. The van der Waals surface area contributed by atoms with Crippen LogP contribution in [0.15, 0.2) is 72.8 Å². The smallest absolute Gasteiger partial charge is 0.323 e. The highest BCUT2D eigenvalue weighted by atomic mass is 16.5. The molecule has 30 heavy (non-hydrogen) atoms. The number of benzene rings is 2. The molecule has 1 saturated carbocycles. The van der Waals surface area contributed by atoms with E-state index in [1.807, 2.05) is 36.4 Å². The number of rotatable bonds is 5. The minimum atomic E-state index is -1.64. The molecule has 156 valence electrons. The third-order valence-corrected chi connectivity index (χ3v) is 5.97. The first kappa shape index (κ1) is 21.5. The average Bonchev–Trinajstić information content (AvgIpc) is 2.95. The number of methoxy groups -OCH3 is 2. The Balaban J connectivity index is 2.29. The number of carbonyl (C=O) groups is 3. The van der Waals surface area contributed by atoms with E-state index < -0.39 is 29.2 Å². The zero-order valence-electron chi connectivity index (χ0n) is 17.3. The maximum absolute atomic E-state index is 13.7. The van der Waals surface area contributed by atoms with Crippen LogP contribution in [0.3, 0.4) is 0 Å². The van der Waals surface area contributed by atoms with Crippen LogP contribution in [0, 0.1) is 11.3 Å². The standard InChI is InChI=1S/C25H26O5/c1-17-11-10-16-25(23(27)29-2,24(28)30-3)21(18-12-6-4-7-13-18)20(17)22(26)19-14-8-5-9-15-19/h4-9,12-15,20-21H,1,10-11,16H2,2-3H3/t20-,21-/m1/s1. The summed E-state index contributed by atoms with van der Waals surface area (Å²) in [6.07, 6.45) is 1.26. The fraction of sp³-hybridized carbons (Fsp3) is 0.320. The van der Waals surface area contributed by atoms with Crippen LogP contribution in [0.4, 0.5) is 0 Å². The highest BCUT2D eigenvalue weighted by molar-refractivity contribution is 6.05. The fourth-order valence-electron chi connectivity index (χ4n) is 4.59. The number of hydrogen-bond acceptors (Lipinski definition) is 5. The van der Waals surface area contributed by atoms with Gasteiger partial charge in [-0.2, -0.15) is 0 Å². The summed E-state index contributed by atoms with van der Waals surface area (Å²) in [4.78, 5) is 40.0. The second kappa shape index (κ2) is 9.08. The molecule has 0 aliphatic heterocycles. The van der Waals surface area contributed by atoms with Crippen LogP contribution in [0.2, 0.25) is 0 Å². The first-order valence-corrected chi connectivity index (χ1v) is 9.96. The Morgan fingerprint density at radius 2 is 1.43 bits per heavy atom. The van der Waals surface area contributed by atoms with Crippen molar-refractivity contribution in [1.29, 1.82) is 0 Å². The van der Waals surface area contributed by atoms with Gasteiger partial charge in [-0.05, 0) is 24.8 Å². The molecule has 5 nitrogen and oxygen atoms in total. The Labute approximate surface area is 176 Å². The molecule has 0 unspecified atom stereocenters. The summed E-state index contributed by atoms with van der Waals surface area (Å²) in [5, 5.41) is 0. The van der Waals surface area contributed by atoms with E-state index in [9.17, 15) is 14.4 Å². The van der Waals surface area contributed by atoms with Crippen LogP contribution >= 0.6 is 0 Å². The summed E-state index contributed by atoms with van der Waals surface area (Å²) in [5.74, 6) is -3.11. The van der Waals surface area contributed by atoms with E-state index >= 15 is 0 Å². The predicted octanol–water partition coefficient (Wildman–Crippen LogP) is 4.34. The lowest BCUT2D eigenvalue weighted by Crippen LogP contribution is -2.49. The molecule has 1 aliphatic rings. The summed E-state index contributed by atoms with van der Waals surface area (Å²) in [5.41, 5.74) is 0.271. The fourth-order valence-corrected chi connectivity index (χ4v) is 4.59. The van der Waals surface area contributed by atoms with Gasteiger partial charge in [0.25, 0.3) is 0 Å². The molecule has 0 saturated heterocycles. The van der Waals surface area contributed by atoms with E-state index in [-0.39, 0.29) is 12.2 Å². The second-order valence-electron chi connectivity index (χ2n) is 7.56. The van der Waals surface area contributed by atoms with Gasteiger partial charge in [-0.25, -0.2) is 0 Å². The Kier molecular flexibility index (Phi) is 6.50. The van der Waals surface area contributed by atoms with Gasteiger partial charge in [0.2, 0.25) is 0 Å². The van der Waals surface area contributed by atoms with Crippen molar-refractivity contribution in [1.82, 2.24) is 0 Å². The van der Waals surface area contributed by atoms with Crippen molar-refractivity contribution in [3.63, 3.8) is 0 Å². The van der Waals surface area contributed by atoms with Gasteiger partial charge in [0.05, 0.1) is 20.1 Å². The third-order valence-electron chi connectivity index (χ3n) is 5.97. The molecular formula is C25H26O5. The van der Waals surface area contributed by atoms with Gasteiger partial charge >= 0.3 is 11.9 Å². The minimum absolute atomic E-state index is 0.173. The molecule has 0 bridgehead atoms. The Hall–Kier alpha value is -3.21. The molecule has 0 spiro atoms. The molecular weight excluding hydrogens is 380 g/mol. The quantitative estimate of drug-likeness (QED) is 0.243. The van der Waals surface area contributed by atoms with Gasteiger partial charge in [0, 0.05) is 11.5 Å². The molecule has 3 rings (SSSR count). The van der Waals surface area contributed by atoms with E-state index in [0.29, 0.717) is 29.5 Å². The topological polar surface area (TPSA) is 69.7 Å². The monoisotopic (exact) mass is 406 g/mol. The number of ketones is 1. The van der Waals surface area contributed by atoms with Crippen LogP contribution in [0.5, 0.6) is 0 Å². The van der Waals surface area contributed by atoms with Gasteiger partial charge < -0.3 is 9.47 Å². The van der Waals surface area contributed by atoms with Crippen LogP contribution < -0.4 is 0 Å². The number of carbonyl (C=O) groups excluding carboxylic acids is 3. The zero-order valence-corrected chi connectivity index (χ0v) is 17.3. The van der Waals surface area contributed by atoms with Gasteiger partial charge in [-0.15, -0.1) is 0 Å². The number of ether oxygens (including phenoxy) is 2. The molecule has 5 heteroatoms. The van der Waals surface area contributed by atoms with Crippen LogP contribution in [-0.2, 0) is 19.1 Å². The molecule has 2 atom stereocenters. The molecule has 0 aromatic heterocycles. The average molecular weight is 406 g/mol. The maximum Gasteiger partial charge on any atom is 0.323 e. The lowest BCUT2D eigenvalue weighted by atomic mass is 9.63. The number of esters is 2. The molecule has 2 aromatic rings. The number of hydrogen-bond donors (Lipinski definition) is 0. The molecule has 1 aliphatic carbocycles. The Morgan fingerprint density at radius 1 is 0.900 bits per heavy atom. The largest absolute Gasteiger partial charge is 0.468 e. The van der Waals surface area contributed by atoms with E-state index in [2.05, 4.69) is 6.58 Å². The SMILES string of the molecule is C=C1CCCC(C(=O)OC)(C(=O)OC)[C@H](c2ccccc2)[C@@H]1C(=O)c1ccccc1. The second-order valence-corrected chi connectivity index (χ2v) is 7.56. The maximum atomic E-state index is 13.7. The first-order chi connectivity index (χ1) is 14.5. The Bertz CT molecular complexity index is 917. The molecule has 0 amide bonds.